The van der Waals surface area contributed by atoms with E-state index in [9.17, 15) is 9.59 Å². The first kappa shape index (κ1) is 16.8. The first-order valence-corrected chi connectivity index (χ1v) is 7.96. The zero-order valence-electron chi connectivity index (χ0n) is 13.9. The quantitative estimate of drug-likeness (QED) is 0.903. The molecule has 3 rings (SSSR count). The standard InChI is InChI=1S/C19H19NO5/c1-24-16-3-2-4-17(10-16)25-12-18(21)20-8-7-13-5-6-14(19(22)23)9-15(13)11-20/h2-6,9-10H,7-8,11-12H2,1H3,(H,22,23). The van der Waals surface area contributed by atoms with Crippen LogP contribution in [-0.4, -0.2) is 42.1 Å². The largest absolute Gasteiger partial charge is 0.497 e. The van der Waals surface area contributed by atoms with E-state index in [4.69, 9.17) is 14.6 Å². The maximum Gasteiger partial charge on any atom is 0.335 e. The first-order chi connectivity index (χ1) is 12.1. The van der Waals surface area contributed by atoms with E-state index < -0.39 is 5.97 Å². The molecule has 1 aliphatic rings. The van der Waals surface area contributed by atoms with Crippen molar-refractivity contribution in [1.82, 2.24) is 4.90 Å². The minimum absolute atomic E-state index is 0.0683. The molecule has 130 valence electrons. The molecular formula is C19H19NO5. The van der Waals surface area contributed by atoms with Gasteiger partial charge in [-0.25, -0.2) is 4.79 Å². The Labute approximate surface area is 145 Å². The molecule has 2 aromatic carbocycles. The van der Waals surface area contributed by atoms with Crippen molar-refractivity contribution in [1.29, 1.82) is 0 Å². The Morgan fingerprint density at radius 2 is 1.92 bits per heavy atom. The lowest BCUT2D eigenvalue weighted by atomic mass is 9.97. The Bertz CT molecular complexity index is 802. The van der Waals surface area contributed by atoms with Crippen LogP contribution in [0.5, 0.6) is 11.5 Å². The zero-order chi connectivity index (χ0) is 17.8. The second kappa shape index (κ2) is 7.25. The van der Waals surface area contributed by atoms with E-state index in [0.717, 1.165) is 11.1 Å². The molecule has 0 aliphatic carbocycles. The van der Waals surface area contributed by atoms with Crippen molar-refractivity contribution in [3.05, 3.63) is 59.2 Å². The lowest BCUT2D eigenvalue weighted by molar-refractivity contribution is -0.134. The highest BCUT2D eigenvalue weighted by Crippen LogP contribution is 2.22. The maximum absolute atomic E-state index is 12.4. The van der Waals surface area contributed by atoms with Crippen molar-refractivity contribution >= 4 is 11.9 Å². The molecule has 6 nitrogen and oxygen atoms in total. The monoisotopic (exact) mass is 341 g/mol. The summed E-state index contributed by atoms with van der Waals surface area (Å²) in [6.07, 6.45) is 0.708. The van der Waals surface area contributed by atoms with Gasteiger partial charge in [0.05, 0.1) is 12.7 Å². The van der Waals surface area contributed by atoms with Gasteiger partial charge in [0.15, 0.2) is 6.61 Å². The van der Waals surface area contributed by atoms with Gasteiger partial charge < -0.3 is 19.5 Å². The Kier molecular flexibility index (Phi) is 4.88. The van der Waals surface area contributed by atoms with Crippen LogP contribution in [0.2, 0.25) is 0 Å². The van der Waals surface area contributed by atoms with Crippen LogP contribution < -0.4 is 9.47 Å². The summed E-state index contributed by atoms with van der Waals surface area (Å²) in [5.74, 6) is 0.137. The lowest BCUT2D eigenvalue weighted by Gasteiger charge is -2.29. The molecule has 25 heavy (non-hydrogen) atoms. The molecule has 1 amide bonds. The normalized spacial score (nSPS) is 13.1. The maximum atomic E-state index is 12.4. The van der Waals surface area contributed by atoms with Crippen LogP contribution in [0, 0.1) is 0 Å². The number of ether oxygens (including phenoxy) is 2. The number of carboxylic acids is 1. The molecule has 1 heterocycles. The molecule has 0 spiro atoms. The molecule has 2 aromatic rings. The molecular weight excluding hydrogens is 322 g/mol. The molecule has 1 N–H and O–H groups in total. The van der Waals surface area contributed by atoms with Gasteiger partial charge in [-0.1, -0.05) is 12.1 Å². The molecule has 0 saturated carbocycles. The van der Waals surface area contributed by atoms with Crippen LogP contribution in [0.15, 0.2) is 42.5 Å². The van der Waals surface area contributed by atoms with Gasteiger partial charge in [-0.15, -0.1) is 0 Å². The van der Waals surface area contributed by atoms with Gasteiger partial charge in [0.1, 0.15) is 11.5 Å². The Hall–Kier alpha value is -3.02. The number of hydrogen-bond acceptors (Lipinski definition) is 4. The van der Waals surface area contributed by atoms with E-state index in [0.29, 0.717) is 31.0 Å². The predicted molar refractivity (Wildman–Crippen MR) is 91.0 cm³/mol. The van der Waals surface area contributed by atoms with E-state index in [1.54, 1.807) is 48.4 Å². The van der Waals surface area contributed by atoms with Gasteiger partial charge in [-0.3, -0.25) is 4.79 Å². The Morgan fingerprint density at radius 1 is 1.12 bits per heavy atom. The Balaban J connectivity index is 1.63. The number of hydrogen-bond donors (Lipinski definition) is 1. The number of fused-ring (bicyclic) bond motifs is 1. The van der Waals surface area contributed by atoms with Crippen molar-refractivity contribution < 1.29 is 24.2 Å². The van der Waals surface area contributed by atoms with Crippen LogP contribution in [0.1, 0.15) is 21.5 Å². The van der Waals surface area contributed by atoms with Crippen molar-refractivity contribution in [2.24, 2.45) is 0 Å². The number of amides is 1. The SMILES string of the molecule is COc1cccc(OCC(=O)N2CCc3ccc(C(=O)O)cc3C2)c1. The summed E-state index contributed by atoms with van der Waals surface area (Å²) in [5, 5.41) is 9.10. The van der Waals surface area contributed by atoms with Gasteiger partial charge in [0, 0.05) is 19.2 Å². The first-order valence-electron chi connectivity index (χ1n) is 7.96. The van der Waals surface area contributed by atoms with E-state index in [1.807, 2.05) is 6.07 Å². The summed E-state index contributed by atoms with van der Waals surface area (Å²) in [4.78, 5) is 25.2. The Morgan fingerprint density at radius 3 is 2.68 bits per heavy atom. The van der Waals surface area contributed by atoms with Crippen molar-refractivity contribution in [2.75, 3.05) is 20.3 Å². The smallest absolute Gasteiger partial charge is 0.335 e. The van der Waals surface area contributed by atoms with Crippen LogP contribution in [0.25, 0.3) is 0 Å². The molecule has 6 heteroatoms. The number of nitrogens with zero attached hydrogens (tertiary/aromatic N) is 1. The van der Waals surface area contributed by atoms with Gasteiger partial charge in [0.2, 0.25) is 0 Å². The molecule has 0 fully saturated rings. The molecule has 0 unspecified atom stereocenters. The molecule has 1 aliphatic heterocycles. The number of methoxy groups -OCH3 is 1. The van der Waals surface area contributed by atoms with Gasteiger partial charge in [-0.05, 0) is 41.8 Å². The number of rotatable bonds is 5. The molecule has 0 radical (unpaired) electrons. The number of carbonyl (C=O) groups excluding carboxylic acids is 1. The van der Waals surface area contributed by atoms with Crippen molar-refractivity contribution in [2.45, 2.75) is 13.0 Å². The molecule has 0 aromatic heterocycles. The van der Waals surface area contributed by atoms with Gasteiger partial charge in [0.25, 0.3) is 5.91 Å². The highest BCUT2D eigenvalue weighted by Gasteiger charge is 2.22. The van der Waals surface area contributed by atoms with E-state index >= 15 is 0 Å². The number of carboxylic acid groups (broad SMARTS) is 1. The fourth-order valence-corrected chi connectivity index (χ4v) is 2.83. The zero-order valence-corrected chi connectivity index (χ0v) is 13.9. The topological polar surface area (TPSA) is 76.1 Å². The highest BCUT2D eigenvalue weighted by atomic mass is 16.5. The van der Waals surface area contributed by atoms with Crippen molar-refractivity contribution in [3.63, 3.8) is 0 Å². The molecule has 0 saturated heterocycles. The van der Waals surface area contributed by atoms with Crippen LogP contribution >= 0.6 is 0 Å². The summed E-state index contributed by atoms with van der Waals surface area (Å²) in [6.45, 7) is 0.928. The number of carbonyl (C=O) groups is 2. The molecule has 0 bridgehead atoms. The van der Waals surface area contributed by atoms with Crippen LogP contribution in [0.3, 0.4) is 0 Å². The van der Waals surface area contributed by atoms with Crippen LogP contribution in [0.4, 0.5) is 0 Å². The third kappa shape index (κ3) is 3.91. The highest BCUT2D eigenvalue weighted by molar-refractivity contribution is 5.88. The third-order valence-electron chi connectivity index (χ3n) is 4.22. The second-order valence-electron chi connectivity index (χ2n) is 5.82. The van der Waals surface area contributed by atoms with Gasteiger partial charge >= 0.3 is 5.97 Å². The van der Waals surface area contributed by atoms with E-state index in [1.165, 1.54) is 0 Å². The van der Waals surface area contributed by atoms with Crippen LogP contribution in [-0.2, 0) is 17.8 Å². The van der Waals surface area contributed by atoms with E-state index in [-0.39, 0.29) is 18.1 Å². The lowest BCUT2D eigenvalue weighted by Crippen LogP contribution is -2.38. The summed E-state index contributed by atoms with van der Waals surface area (Å²) < 4.78 is 10.7. The second-order valence-corrected chi connectivity index (χ2v) is 5.82. The van der Waals surface area contributed by atoms with E-state index in [2.05, 4.69) is 0 Å². The summed E-state index contributed by atoms with van der Waals surface area (Å²) in [5.41, 5.74) is 2.20. The number of aromatic carboxylic acids is 1. The molecule has 0 atom stereocenters. The average Bonchev–Trinajstić information content (AvgIpc) is 2.65. The minimum Gasteiger partial charge on any atom is -0.497 e. The average molecular weight is 341 g/mol. The summed E-state index contributed by atoms with van der Waals surface area (Å²) in [7, 11) is 1.57. The fraction of sp³-hybridized carbons (Fsp3) is 0.263. The minimum atomic E-state index is -0.965. The predicted octanol–water partition coefficient (Wildman–Crippen LogP) is 2.36. The van der Waals surface area contributed by atoms with Crippen molar-refractivity contribution in [3.8, 4) is 11.5 Å². The summed E-state index contributed by atoms with van der Waals surface area (Å²) in [6, 6.07) is 12.1. The number of benzene rings is 2. The summed E-state index contributed by atoms with van der Waals surface area (Å²) >= 11 is 0. The fourth-order valence-electron chi connectivity index (χ4n) is 2.83. The third-order valence-corrected chi connectivity index (χ3v) is 4.22. The van der Waals surface area contributed by atoms with Gasteiger partial charge in [-0.2, -0.15) is 0 Å².